The molecular formula is C5H9FO6S. The van der Waals surface area contributed by atoms with Crippen LogP contribution in [0.1, 0.15) is 6.92 Å². The number of rotatable bonds is 3. The lowest BCUT2D eigenvalue weighted by Crippen LogP contribution is -2.00. The normalized spacial score (nSPS) is 9.46. The number of alkyl halides is 1. The van der Waals surface area contributed by atoms with Gasteiger partial charge in [0.15, 0.2) is 0 Å². The molecule has 0 bridgehead atoms. The highest BCUT2D eigenvalue weighted by molar-refractivity contribution is 7.80. The summed E-state index contributed by atoms with van der Waals surface area (Å²) >= 11 is 0. The summed E-state index contributed by atoms with van der Waals surface area (Å²) in [5.41, 5.74) is 0. The van der Waals surface area contributed by atoms with E-state index in [1.165, 1.54) is 6.92 Å². The van der Waals surface area contributed by atoms with Gasteiger partial charge in [0.25, 0.3) is 0 Å². The first-order chi connectivity index (χ1) is 5.83. The first-order valence-corrected chi connectivity index (χ1v) is 4.16. The molecule has 6 nitrogen and oxygen atoms in total. The quantitative estimate of drug-likeness (QED) is 0.418. The van der Waals surface area contributed by atoms with Crippen LogP contribution in [0.15, 0.2) is 12.8 Å². The van der Waals surface area contributed by atoms with Gasteiger partial charge in [-0.1, -0.05) is 6.58 Å². The molecule has 0 saturated carbocycles. The zero-order valence-electron chi connectivity index (χ0n) is 6.77. The van der Waals surface area contributed by atoms with Crippen LogP contribution >= 0.6 is 0 Å². The van der Waals surface area contributed by atoms with E-state index in [4.69, 9.17) is 4.55 Å². The number of hydrogen-bond acceptors (Lipinski definition) is 5. The minimum atomic E-state index is -4.55. The molecule has 8 heteroatoms. The molecular weight excluding hydrogens is 207 g/mol. The van der Waals surface area contributed by atoms with E-state index in [1.807, 2.05) is 0 Å². The molecule has 0 rings (SSSR count). The van der Waals surface area contributed by atoms with E-state index >= 15 is 0 Å². The monoisotopic (exact) mass is 216 g/mol. The summed E-state index contributed by atoms with van der Waals surface area (Å²) in [6, 6.07) is 0. The van der Waals surface area contributed by atoms with Crippen LogP contribution in [-0.4, -0.2) is 25.8 Å². The molecule has 0 radical (unpaired) electrons. The van der Waals surface area contributed by atoms with Crippen molar-refractivity contribution in [2.45, 2.75) is 6.92 Å². The third kappa shape index (κ3) is 24.7. The molecule has 0 aromatic heterocycles. The molecule has 78 valence electrons. The predicted molar refractivity (Wildman–Crippen MR) is 40.6 cm³/mol. The Morgan fingerprint density at radius 2 is 2.15 bits per heavy atom. The lowest BCUT2D eigenvalue weighted by atomic mass is 10.8. The van der Waals surface area contributed by atoms with Crippen molar-refractivity contribution in [3.63, 3.8) is 0 Å². The summed E-state index contributed by atoms with van der Waals surface area (Å²) in [5.74, 6) is -0.329. The maximum absolute atomic E-state index is 10.7. The third-order valence-corrected chi connectivity index (χ3v) is 0.830. The standard InChI is InChI=1S/C4H6O2.CH3FO4S/c1-3-6-4(2)5;2-1-6-7(3,4)5/h3H,1H2,2H3;1H2,(H,3,4,5). The Kier molecular flexibility index (Phi) is 8.55. The van der Waals surface area contributed by atoms with Gasteiger partial charge in [-0.05, 0) is 0 Å². The van der Waals surface area contributed by atoms with E-state index < -0.39 is 17.3 Å². The van der Waals surface area contributed by atoms with Crippen molar-refractivity contribution >= 4 is 16.4 Å². The number of ether oxygens (including phenoxy) is 1. The van der Waals surface area contributed by atoms with Crippen LogP contribution in [-0.2, 0) is 24.1 Å². The van der Waals surface area contributed by atoms with Crippen molar-refractivity contribution in [3.8, 4) is 0 Å². The van der Waals surface area contributed by atoms with E-state index in [-0.39, 0.29) is 5.97 Å². The fourth-order valence-corrected chi connectivity index (χ4v) is 0.286. The Morgan fingerprint density at radius 1 is 1.69 bits per heavy atom. The SMILES string of the molecule is C=COC(C)=O.O=S(=O)(O)OCF. The van der Waals surface area contributed by atoms with Gasteiger partial charge < -0.3 is 4.74 Å². The van der Waals surface area contributed by atoms with Crippen LogP contribution in [0.25, 0.3) is 0 Å². The molecule has 0 fully saturated rings. The minimum Gasteiger partial charge on any atom is -0.435 e. The van der Waals surface area contributed by atoms with E-state index in [9.17, 15) is 17.6 Å². The van der Waals surface area contributed by atoms with Crippen LogP contribution in [0, 0.1) is 0 Å². The first kappa shape index (κ1) is 14.5. The lowest BCUT2D eigenvalue weighted by Gasteiger charge is -1.86. The van der Waals surface area contributed by atoms with Crippen molar-refractivity contribution in [2.75, 3.05) is 6.86 Å². The molecule has 0 spiro atoms. The van der Waals surface area contributed by atoms with Crippen LogP contribution in [0.2, 0.25) is 0 Å². The summed E-state index contributed by atoms with van der Waals surface area (Å²) in [6.07, 6.45) is 1.10. The van der Waals surface area contributed by atoms with Gasteiger partial charge in [-0.2, -0.15) is 8.42 Å². The van der Waals surface area contributed by atoms with Crippen molar-refractivity contribution in [2.24, 2.45) is 0 Å². The summed E-state index contributed by atoms with van der Waals surface area (Å²) in [5, 5.41) is 0. The van der Waals surface area contributed by atoms with Crippen molar-refractivity contribution in [3.05, 3.63) is 12.8 Å². The maximum Gasteiger partial charge on any atom is 0.399 e. The molecule has 0 amide bonds. The third-order valence-electron chi connectivity index (χ3n) is 0.443. The smallest absolute Gasteiger partial charge is 0.399 e. The van der Waals surface area contributed by atoms with Gasteiger partial charge in [0.05, 0.1) is 6.26 Å². The molecule has 0 saturated heterocycles. The second kappa shape index (κ2) is 7.65. The van der Waals surface area contributed by atoms with Crippen LogP contribution in [0.4, 0.5) is 4.39 Å². The van der Waals surface area contributed by atoms with Gasteiger partial charge >= 0.3 is 16.4 Å². The number of hydrogen-bond donors (Lipinski definition) is 1. The largest absolute Gasteiger partial charge is 0.435 e. The second-order valence-corrected chi connectivity index (χ2v) is 2.52. The van der Waals surface area contributed by atoms with Crippen LogP contribution < -0.4 is 0 Å². The van der Waals surface area contributed by atoms with Gasteiger partial charge in [0.2, 0.25) is 6.86 Å². The first-order valence-electron chi connectivity index (χ1n) is 2.79. The Labute approximate surface area is 74.9 Å². The Balaban J connectivity index is 0. The summed E-state index contributed by atoms with van der Waals surface area (Å²) in [7, 11) is -4.55. The topological polar surface area (TPSA) is 89.9 Å². The molecule has 0 aromatic rings. The van der Waals surface area contributed by atoms with E-state index in [0.717, 1.165) is 6.26 Å². The van der Waals surface area contributed by atoms with E-state index in [2.05, 4.69) is 15.5 Å². The fourth-order valence-electron chi connectivity index (χ4n) is 0.174. The van der Waals surface area contributed by atoms with Crippen LogP contribution in [0.3, 0.4) is 0 Å². The molecule has 0 aliphatic carbocycles. The molecule has 0 aromatic carbocycles. The number of carbonyl (C=O) groups excluding carboxylic acids is 1. The maximum atomic E-state index is 10.7. The number of esters is 1. The fraction of sp³-hybridized carbons (Fsp3) is 0.400. The summed E-state index contributed by atoms with van der Waals surface area (Å²) in [6.45, 7) is 2.95. The molecule has 1 N–H and O–H groups in total. The number of halogens is 1. The minimum absolute atomic E-state index is 0.329. The highest BCUT2D eigenvalue weighted by atomic mass is 32.3. The summed E-state index contributed by atoms with van der Waals surface area (Å²) < 4.78 is 44.2. The average Bonchev–Trinajstić information content (AvgIpc) is 1.84. The van der Waals surface area contributed by atoms with Gasteiger partial charge in [-0.15, -0.1) is 0 Å². The molecule has 0 heterocycles. The van der Waals surface area contributed by atoms with Crippen molar-refractivity contribution in [1.29, 1.82) is 0 Å². The molecule has 13 heavy (non-hydrogen) atoms. The molecule has 0 unspecified atom stereocenters. The average molecular weight is 216 g/mol. The van der Waals surface area contributed by atoms with Crippen molar-refractivity contribution in [1.82, 2.24) is 0 Å². The Morgan fingerprint density at radius 3 is 2.15 bits per heavy atom. The van der Waals surface area contributed by atoms with E-state index in [1.54, 1.807) is 0 Å². The summed E-state index contributed by atoms with van der Waals surface area (Å²) in [4.78, 5) is 9.75. The zero-order chi connectivity index (χ0) is 10.9. The van der Waals surface area contributed by atoms with E-state index in [0.29, 0.717) is 0 Å². The van der Waals surface area contributed by atoms with Gasteiger partial charge in [-0.3, -0.25) is 9.35 Å². The van der Waals surface area contributed by atoms with Crippen LogP contribution in [0.5, 0.6) is 0 Å². The number of carbonyl (C=O) groups is 1. The van der Waals surface area contributed by atoms with Crippen molar-refractivity contribution < 1.29 is 31.1 Å². The Hall–Kier alpha value is -0.990. The molecule has 0 aliphatic rings. The zero-order valence-corrected chi connectivity index (χ0v) is 7.58. The van der Waals surface area contributed by atoms with Gasteiger partial charge in [-0.25, -0.2) is 8.57 Å². The highest BCUT2D eigenvalue weighted by Crippen LogP contribution is 1.83. The Bertz CT molecular complexity index is 246. The highest BCUT2D eigenvalue weighted by Gasteiger charge is 2.00. The second-order valence-electron chi connectivity index (χ2n) is 1.43. The van der Waals surface area contributed by atoms with Gasteiger partial charge in [0, 0.05) is 6.92 Å². The predicted octanol–water partition coefficient (Wildman–Crippen LogP) is 0.426. The molecule has 0 aliphatic heterocycles. The lowest BCUT2D eigenvalue weighted by molar-refractivity contribution is -0.135. The molecule has 0 atom stereocenters. The van der Waals surface area contributed by atoms with Gasteiger partial charge in [0.1, 0.15) is 0 Å².